The molecule has 1 aliphatic rings. The fraction of sp³-hybridized carbons (Fsp3) is 0.333. The van der Waals surface area contributed by atoms with E-state index in [1.807, 2.05) is 6.92 Å². The molecule has 0 bridgehead atoms. The Labute approximate surface area is 155 Å². The van der Waals surface area contributed by atoms with Crippen LogP contribution < -0.4 is 4.72 Å². The van der Waals surface area contributed by atoms with Crippen LogP contribution in [-0.2, 0) is 20.0 Å². The van der Waals surface area contributed by atoms with Gasteiger partial charge in [0, 0.05) is 18.8 Å². The van der Waals surface area contributed by atoms with E-state index in [1.54, 1.807) is 12.1 Å². The zero-order valence-corrected chi connectivity index (χ0v) is 16.2. The SMILES string of the molecule is Cc1ccc(S(=O)(=O)Nc2ccc(S(=O)(=O)N3CCCCC3)cc2)cc1. The van der Waals surface area contributed by atoms with Gasteiger partial charge in [-0.3, -0.25) is 4.72 Å². The molecule has 6 nitrogen and oxygen atoms in total. The van der Waals surface area contributed by atoms with Crippen LogP contribution in [0.2, 0.25) is 0 Å². The van der Waals surface area contributed by atoms with Gasteiger partial charge in [0.25, 0.3) is 10.0 Å². The van der Waals surface area contributed by atoms with E-state index in [2.05, 4.69) is 4.72 Å². The number of hydrogen-bond donors (Lipinski definition) is 1. The minimum atomic E-state index is -3.71. The molecule has 0 aliphatic carbocycles. The van der Waals surface area contributed by atoms with Crippen LogP contribution >= 0.6 is 0 Å². The van der Waals surface area contributed by atoms with Gasteiger partial charge in [0.2, 0.25) is 10.0 Å². The number of hydrogen-bond acceptors (Lipinski definition) is 4. The maximum atomic E-state index is 12.6. The van der Waals surface area contributed by atoms with Gasteiger partial charge in [-0.25, -0.2) is 16.8 Å². The number of sulfonamides is 2. The van der Waals surface area contributed by atoms with Crippen molar-refractivity contribution >= 4 is 25.7 Å². The summed E-state index contributed by atoms with van der Waals surface area (Å²) in [6, 6.07) is 12.4. The summed E-state index contributed by atoms with van der Waals surface area (Å²) in [5, 5.41) is 0. The molecule has 1 saturated heterocycles. The van der Waals surface area contributed by atoms with Crippen molar-refractivity contribution in [2.24, 2.45) is 0 Å². The third-order valence-corrected chi connectivity index (χ3v) is 7.70. The minimum absolute atomic E-state index is 0.160. The van der Waals surface area contributed by atoms with Crippen LogP contribution in [0.4, 0.5) is 5.69 Å². The van der Waals surface area contributed by atoms with Crippen LogP contribution in [0.3, 0.4) is 0 Å². The van der Waals surface area contributed by atoms with E-state index < -0.39 is 20.0 Å². The van der Waals surface area contributed by atoms with Gasteiger partial charge in [0.05, 0.1) is 9.79 Å². The quantitative estimate of drug-likeness (QED) is 0.845. The second-order valence-corrected chi connectivity index (χ2v) is 10.0. The van der Waals surface area contributed by atoms with Crippen molar-refractivity contribution < 1.29 is 16.8 Å². The molecule has 0 spiro atoms. The predicted octanol–water partition coefficient (Wildman–Crippen LogP) is 2.97. The fourth-order valence-corrected chi connectivity index (χ4v) is 5.46. The standard InChI is InChI=1S/C18H22N2O4S2/c1-15-5-9-17(10-6-15)25(21,22)19-16-7-11-18(12-8-16)26(23,24)20-13-3-2-4-14-20/h5-12,19H,2-4,13-14H2,1H3. The van der Waals surface area contributed by atoms with E-state index in [-0.39, 0.29) is 9.79 Å². The molecule has 0 radical (unpaired) electrons. The van der Waals surface area contributed by atoms with E-state index in [0.29, 0.717) is 18.8 Å². The minimum Gasteiger partial charge on any atom is -0.280 e. The normalized spacial score (nSPS) is 16.3. The number of benzene rings is 2. The number of piperidine rings is 1. The Morgan fingerprint density at radius 2 is 1.31 bits per heavy atom. The lowest BCUT2D eigenvalue weighted by Crippen LogP contribution is -2.35. The summed E-state index contributed by atoms with van der Waals surface area (Å²) in [4.78, 5) is 0.339. The maximum absolute atomic E-state index is 12.6. The molecule has 1 heterocycles. The molecule has 3 rings (SSSR count). The van der Waals surface area contributed by atoms with Crippen molar-refractivity contribution in [3.63, 3.8) is 0 Å². The zero-order valence-electron chi connectivity index (χ0n) is 14.6. The van der Waals surface area contributed by atoms with E-state index >= 15 is 0 Å². The Bertz CT molecular complexity index is 961. The fourth-order valence-electron chi connectivity index (χ4n) is 2.88. The van der Waals surface area contributed by atoms with E-state index in [0.717, 1.165) is 24.8 Å². The predicted molar refractivity (Wildman–Crippen MR) is 101 cm³/mol. The second-order valence-electron chi connectivity index (χ2n) is 6.41. The van der Waals surface area contributed by atoms with Crippen LogP contribution in [0.1, 0.15) is 24.8 Å². The molecule has 1 fully saturated rings. The number of nitrogens with zero attached hydrogens (tertiary/aromatic N) is 1. The van der Waals surface area contributed by atoms with Gasteiger partial charge in [-0.2, -0.15) is 4.31 Å². The average molecular weight is 395 g/mol. The third-order valence-electron chi connectivity index (χ3n) is 4.39. The van der Waals surface area contributed by atoms with Crippen molar-refractivity contribution in [3.05, 3.63) is 54.1 Å². The lowest BCUT2D eigenvalue weighted by Gasteiger charge is -2.25. The highest BCUT2D eigenvalue weighted by Crippen LogP contribution is 2.23. The molecule has 26 heavy (non-hydrogen) atoms. The summed E-state index contributed by atoms with van der Waals surface area (Å²) < 4.78 is 54.0. The second kappa shape index (κ2) is 7.38. The van der Waals surface area contributed by atoms with Crippen LogP contribution in [0.5, 0.6) is 0 Å². The summed E-state index contributed by atoms with van der Waals surface area (Å²) in [7, 11) is -7.23. The Morgan fingerprint density at radius 3 is 1.88 bits per heavy atom. The van der Waals surface area contributed by atoms with E-state index in [4.69, 9.17) is 0 Å². The van der Waals surface area contributed by atoms with Crippen LogP contribution in [0, 0.1) is 6.92 Å². The van der Waals surface area contributed by atoms with Gasteiger partial charge in [0.1, 0.15) is 0 Å². The van der Waals surface area contributed by atoms with Gasteiger partial charge in [-0.1, -0.05) is 24.1 Å². The summed E-state index contributed by atoms with van der Waals surface area (Å²) in [5.41, 5.74) is 1.29. The topological polar surface area (TPSA) is 83.5 Å². The zero-order chi connectivity index (χ0) is 18.8. The highest BCUT2D eigenvalue weighted by Gasteiger charge is 2.25. The largest absolute Gasteiger partial charge is 0.280 e. The molecule has 8 heteroatoms. The van der Waals surface area contributed by atoms with Crippen LogP contribution in [-0.4, -0.2) is 34.2 Å². The molecule has 140 valence electrons. The van der Waals surface area contributed by atoms with Crippen molar-refractivity contribution in [2.45, 2.75) is 36.0 Å². The van der Waals surface area contributed by atoms with Gasteiger partial charge in [-0.05, 0) is 56.2 Å². The molecule has 2 aromatic rings. The van der Waals surface area contributed by atoms with Crippen LogP contribution in [0.15, 0.2) is 58.3 Å². The summed E-state index contributed by atoms with van der Waals surface area (Å²) in [6.07, 6.45) is 2.78. The smallest absolute Gasteiger partial charge is 0.261 e. The maximum Gasteiger partial charge on any atom is 0.261 e. The third kappa shape index (κ3) is 4.08. The Balaban J connectivity index is 1.78. The molecule has 0 atom stereocenters. The van der Waals surface area contributed by atoms with E-state index in [9.17, 15) is 16.8 Å². The molecule has 1 N–H and O–H groups in total. The first-order valence-electron chi connectivity index (χ1n) is 8.49. The number of anilines is 1. The van der Waals surface area contributed by atoms with Gasteiger partial charge >= 0.3 is 0 Å². The van der Waals surface area contributed by atoms with Gasteiger partial charge < -0.3 is 0 Å². The first-order chi connectivity index (χ1) is 12.3. The molecule has 0 amide bonds. The summed E-state index contributed by atoms with van der Waals surface area (Å²) in [6.45, 7) is 2.94. The molecule has 0 aromatic heterocycles. The average Bonchev–Trinajstić information content (AvgIpc) is 2.63. The van der Waals surface area contributed by atoms with Gasteiger partial charge in [-0.15, -0.1) is 0 Å². The Morgan fingerprint density at radius 1 is 0.769 bits per heavy atom. The summed E-state index contributed by atoms with van der Waals surface area (Å²) >= 11 is 0. The van der Waals surface area contributed by atoms with Gasteiger partial charge in [0.15, 0.2) is 0 Å². The Hall–Kier alpha value is -1.90. The highest BCUT2D eigenvalue weighted by molar-refractivity contribution is 7.92. The lowest BCUT2D eigenvalue weighted by molar-refractivity contribution is 0.346. The van der Waals surface area contributed by atoms with E-state index in [1.165, 1.54) is 40.7 Å². The highest BCUT2D eigenvalue weighted by atomic mass is 32.2. The molecular formula is C18H22N2O4S2. The molecular weight excluding hydrogens is 372 g/mol. The number of rotatable bonds is 5. The number of aryl methyl sites for hydroxylation is 1. The van der Waals surface area contributed by atoms with Crippen molar-refractivity contribution in [2.75, 3.05) is 17.8 Å². The monoisotopic (exact) mass is 394 g/mol. The lowest BCUT2D eigenvalue weighted by atomic mass is 10.2. The van der Waals surface area contributed by atoms with Crippen molar-refractivity contribution in [3.8, 4) is 0 Å². The number of nitrogens with one attached hydrogen (secondary N) is 1. The van der Waals surface area contributed by atoms with Crippen molar-refractivity contribution in [1.29, 1.82) is 0 Å². The summed E-state index contributed by atoms with van der Waals surface area (Å²) in [5.74, 6) is 0. The molecule has 2 aromatic carbocycles. The first kappa shape index (κ1) is 18.9. The molecule has 1 aliphatic heterocycles. The van der Waals surface area contributed by atoms with Crippen LogP contribution in [0.25, 0.3) is 0 Å². The Kier molecular flexibility index (Phi) is 5.36. The molecule has 0 saturated carbocycles. The van der Waals surface area contributed by atoms with Crippen molar-refractivity contribution in [1.82, 2.24) is 4.31 Å². The molecule has 0 unspecified atom stereocenters. The first-order valence-corrected chi connectivity index (χ1v) is 11.4.